The molecule has 0 radical (unpaired) electrons. The van der Waals surface area contributed by atoms with Gasteiger partial charge in [-0.25, -0.2) is 0 Å². The molecule has 1 aliphatic rings. The number of hydrogen-bond donors (Lipinski definition) is 1. The molecule has 0 saturated heterocycles. The minimum Gasteiger partial charge on any atom is -0.483 e. The smallest absolute Gasteiger partial charge is 0.290 e. The zero-order valence-electron chi connectivity index (χ0n) is 8.66. The minimum absolute atomic E-state index is 0.250. The lowest BCUT2D eigenvalue weighted by Gasteiger charge is -2.23. The number of carbonyl (C=O) groups is 1. The summed E-state index contributed by atoms with van der Waals surface area (Å²) in [7, 11) is 2.17. The average Bonchev–Trinajstić information content (AvgIpc) is 2.06. The fourth-order valence-corrected chi connectivity index (χ4v) is 1.31. The van der Waals surface area contributed by atoms with Gasteiger partial charge in [-0.1, -0.05) is 25.5 Å². The normalized spacial score (nSPS) is 17.4. The molecule has 0 bridgehead atoms. The molecule has 76 valence electrons. The van der Waals surface area contributed by atoms with Gasteiger partial charge in [-0.3, -0.25) is 4.79 Å². The van der Waals surface area contributed by atoms with Crippen LogP contribution in [-0.2, 0) is 4.79 Å². The van der Waals surface area contributed by atoms with Crippen LogP contribution in [0.4, 0.5) is 0 Å². The van der Waals surface area contributed by atoms with Crippen molar-refractivity contribution in [2.24, 2.45) is 5.92 Å². The van der Waals surface area contributed by atoms with Crippen molar-refractivity contribution in [1.82, 2.24) is 4.90 Å². The van der Waals surface area contributed by atoms with E-state index in [4.69, 9.17) is 9.90 Å². The summed E-state index contributed by atoms with van der Waals surface area (Å²) >= 11 is 0. The van der Waals surface area contributed by atoms with Crippen LogP contribution in [0.2, 0.25) is 0 Å². The second-order valence-corrected chi connectivity index (χ2v) is 3.55. The first-order valence-corrected chi connectivity index (χ1v) is 4.57. The molecule has 3 heteroatoms. The van der Waals surface area contributed by atoms with Crippen molar-refractivity contribution in [3.05, 3.63) is 11.6 Å². The predicted octanol–water partition coefficient (Wildman–Crippen LogP) is 1.61. The summed E-state index contributed by atoms with van der Waals surface area (Å²) in [6, 6.07) is 0. The van der Waals surface area contributed by atoms with E-state index in [0.717, 1.165) is 12.5 Å². The van der Waals surface area contributed by atoms with Crippen LogP contribution in [0.5, 0.6) is 0 Å². The van der Waals surface area contributed by atoms with Crippen molar-refractivity contribution in [3.8, 4) is 0 Å². The highest BCUT2D eigenvalue weighted by atomic mass is 16.3. The first kappa shape index (κ1) is 12.2. The van der Waals surface area contributed by atoms with Crippen LogP contribution in [0.3, 0.4) is 0 Å². The van der Waals surface area contributed by atoms with E-state index in [1.807, 2.05) is 0 Å². The van der Waals surface area contributed by atoms with Gasteiger partial charge in [0, 0.05) is 13.1 Å². The molecule has 0 fully saturated rings. The Kier molecular flexibility index (Phi) is 6.24. The van der Waals surface area contributed by atoms with Crippen LogP contribution >= 0.6 is 0 Å². The standard InChI is InChI=1S/C9H17N.CH2O2/c1-8(2)9-4-6-10(3)7-5-9;2-1-3/h4,8H,5-7H2,1-3H3;1H,(H,2,3). The molecule has 0 aromatic carbocycles. The Morgan fingerprint density at radius 3 is 2.46 bits per heavy atom. The topological polar surface area (TPSA) is 40.5 Å². The van der Waals surface area contributed by atoms with Gasteiger partial charge < -0.3 is 10.0 Å². The molecule has 0 aromatic heterocycles. The Labute approximate surface area is 80.0 Å². The largest absolute Gasteiger partial charge is 0.483 e. The van der Waals surface area contributed by atoms with Gasteiger partial charge in [0.05, 0.1) is 0 Å². The van der Waals surface area contributed by atoms with E-state index >= 15 is 0 Å². The van der Waals surface area contributed by atoms with Crippen LogP contribution in [0.15, 0.2) is 11.6 Å². The Morgan fingerprint density at radius 2 is 2.15 bits per heavy atom. The van der Waals surface area contributed by atoms with Crippen LogP contribution in [0.25, 0.3) is 0 Å². The summed E-state index contributed by atoms with van der Waals surface area (Å²) in [6.07, 6.45) is 3.64. The van der Waals surface area contributed by atoms with E-state index in [0.29, 0.717) is 0 Å². The lowest BCUT2D eigenvalue weighted by molar-refractivity contribution is -0.122. The third kappa shape index (κ3) is 5.42. The van der Waals surface area contributed by atoms with Crippen molar-refractivity contribution in [2.75, 3.05) is 20.1 Å². The van der Waals surface area contributed by atoms with Gasteiger partial charge in [-0.15, -0.1) is 0 Å². The molecular formula is C10H19NO2. The molecule has 0 atom stereocenters. The fraction of sp³-hybridized carbons (Fsp3) is 0.700. The van der Waals surface area contributed by atoms with E-state index < -0.39 is 0 Å². The van der Waals surface area contributed by atoms with Gasteiger partial charge in [-0.2, -0.15) is 0 Å². The summed E-state index contributed by atoms with van der Waals surface area (Å²) in [5, 5.41) is 6.89. The highest BCUT2D eigenvalue weighted by Crippen LogP contribution is 2.17. The SMILES string of the molecule is CC(C)C1=CCN(C)CC1.O=CO. The highest BCUT2D eigenvalue weighted by molar-refractivity contribution is 5.32. The lowest BCUT2D eigenvalue weighted by atomic mass is 9.97. The molecule has 1 N–H and O–H groups in total. The second kappa shape index (κ2) is 6.66. The summed E-state index contributed by atoms with van der Waals surface area (Å²) in [5.74, 6) is 0.758. The van der Waals surface area contributed by atoms with Crippen molar-refractivity contribution in [2.45, 2.75) is 20.3 Å². The second-order valence-electron chi connectivity index (χ2n) is 3.55. The molecule has 1 aliphatic heterocycles. The molecule has 0 spiro atoms. The lowest BCUT2D eigenvalue weighted by Crippen LogP contribution is -2.25. The number of carboxylic acid groups (broad SMARTS) is 1. The van der Waals surface area contributed by atoms with Crippen LogP contribution in [0, 0.1) is 5.92 Å². The zero-order chi connectivity index (χ0) is 10.3. The Bertz CT molecular complexity index is 176. The van der Waals surface area contributed by atoms with Crippen molar-refractivity contribution in [3.63, 3.8) is 0 Å². The fourth-order valence-electron chi connectivity index (χ4n) is 1.31. The van der Waals surface area contributed by atoms with Gasteiger partial charge in [0.2, 0.25) is 0 Å². The predicted molar refractivity (Wildman–Crippen MR) is 53.7 cm³/mol. The summed E-state index contributed by atoms with van der Waals surface area (Å²) in [6.45, 7) is 6.69. The third-order valence-corrected chi connectivity index (χ3v) is 2.19. The number of hydrogen-bond acceptors (Lipinski definition) is 2. The summed E-state index contributed by atoms with van der Waals surface area (Å²) in [5.41, 5.74) is 1.64. The van der Waals surface area contributed by atoms with Gasteiger partial charge >= 0.3 is 0 Å². The molecule has 13 heavy (non-hydrogen) atoms. The Morgan fingerprint density at radius 1 is 1.62 bits per heavy atom. The highest BCUT2D eigenvalue weighted by Gasteiger charge is 2.09. The van der Waals surface area contributed by atoms with Crippen LogP contribution < -0.4 is 0 Å². The number of likely N-dealkylation sites (N-methyl/N-ethyl adjacent to an activating group) is 1. The molecular weight excluding hydrogens is 166 g/mol. The van der Waals surface area contributed by atoms with E-state index in [9.17, 15) is 0 Å². The first-order chi connectivity index (χ1) is 6.11. The van der Waals surface area contributed by atoms with Crippen molar-refractivity contribution >= 4 is 6.47 Å². The van der Waals surface area contributed by atoms with E-state index in [2.05, 4.69) is 31.9 Å². The maximum absolute atomic E-state index is 8.36. The Hall–Kier alpha value is -0.830. The monoisotopic (exact) mass is 185 g/mol. The van der Waals surface area contributed by atoms with E-state index in [-0.39, 0.29) is 6.47 Å². The minimum atomic E-state index is -0.250. The molecule has 0 saturated carbocycles. The third-order valence-electron chi connectivity index (χ3n) is 2.19. The van der Waals surface area contributed by atoms with Crippen LogP contribution in [0.1, 0.15) is 20.3 Å². The zero-order valence-corrected chi connectivity index (χ0v) is 8.66. The molecule has 0 aliphatic carbocycles. The average molecular weight is 185 g/mol. The number of nitrogens with zero attached hydrogens (tertiary/aromatic N) is 1. The maximum atomic E-state index is 8.36. The van der Waals surface area contributed by atoms with Gasteiger partial charge in [0.25, 0.3) is 6.47 Å². The number of rotatable bonds is 1. The van der Waals surface area contributed by atoms with Crippen LogP contribution in [-0.4, -0.2) is 36.6 Å². The first-order valence-electron chi connectivity index (χ1n) is 4.57. The van der Waals surface area contributed by atoms with Crippen molar-refractivity contribution < 1.29 is 9.90 Å². The molecule has 0 aromatic rings. The van der Waals surface area contributed by atoms with Crippen molar-refractivity contribution in [1.29, 1.82) is 0 Å². The molecule has 3 nitrogen and oxygen atoms in total. The van der Waals surface area contributed by atoms with Gasteiger partial charge in [-0.05, 0) is 19.4 Å². The molecule has 0 amide bonds. The molecule has 0 unspecified atom stereocenters. The quantitative estimate of drug-likeness (QED) is 0.498. The molecule has 1 heterocycles. The summed E-state index contributed by atoms with van der Waals surface area (Å²) < 4.78 is 0. The van der Waals surface area contributed by atoms with E-state index in [1.54, 1.807) is 5.57 Å². The Balaban J connectivity index is 0.000000424. The van der Waals surface area contributed by atoms with Gasteiger partial charge in [0.1, 0.15) is 0 Å². The van der Waals surface area contributed by atoms with Gasteiger partial charge in [0.15, 0.2) is 0 Å². The molecule has 1 rings (SSSR count). The summed E-state index contributed by atoms with van der Waals surface area (Å²) in [4.78, 5) is 10.7. The van der Waals surface area contributed by atoms with E-state index in [1.165, 1.54) is 13.0 Å². The maximum Gasteiger partial charge on any atom is 0.290 e.